The van der Waals surface area contributed by atoms with Crippen LogP contribution in [0.1, 0.15) is 5.76 Å². The van der Waals surface area contributed by atoms with Crippen LogP contribution in [0.3, 0.4) is 0 Å². The molecule has 0 fully saturated rings. The summed E-state index contributed by atoms with van der Waals surface area (Å²) >= 11 is 0. The lowest BCUT2D eigenvalue weighted by Gasteiger charge is -2.06. The maximum atomic E-state index is 5.53. The molecule has 0 saturated heterocycles. The zero-order valence-corrected chi connectivity index (χ0v) is 11.6. The van der Waals surface area contributed by atoms with Crippen LogP contribution >= 0.6 is 0 Å². The minimum absolute atomic E-state index is 0.725. The van der Waals surface area contributed by atoms with Crippen molar-refractivity contribution in [1.29, 1.82) is 0 Å². The Kier molecular flexibility index (Phi) is 3.44. The number of ether oxygens (including phenoxy) is 1. The van der Waals surface area contributed by atoms with E-state index in [0.717, 1.165) is 23.6 Å². The molecular weight excluding hydrogens is 250 g/mol. The molecule has 3 nitrogen and oxygen atoms in total. The number of nitrogens with one attached hydrogen (secondary N) is 1. The lowest BCUT2D eigenvalue weighted by molar-refractivity contribution is 0.415. The average Bonchev–Trinajstić information content (AvgIpc) is 2.95. The van der Waals surface area contributed by atoms with E-state index in [1.54, 1.807) is 13.4 Å². The third-order valence-electron chi connectivity index (χ3n) is 3.44. The maximum Gasteiger partial charge on any atom is 0.125 e. The summed E-state index contributed by atoms with van der Waals surface area (Å²) in [7, 11) is 3.60. The van der Waals surface area contributed by atoms with Crippen LogP contribution in [-0.2, 0) is 6.54 Å². The van der Waals surface area contributed by atoms with Gasteiger partial charge in [0.15, 0.2) is 0 Å². The molecule has 0 spiro atoms. The van der Waals surface area contributed by atoms with Crippen LogP contribution in [-0.4, -0.2) is 14.2 Å². The molecule has 0 aliphatic heterocycles. The van der Waals surface area contributed by atoms with Crippen molar-refractivity contribution >= 4 is 10.8 Å². The minimum atomic E-state index is 0.725. The van der Waals surface area contributed by atoms with Crippen molar-refractivity contribution in [1.82, 2.24) is 5.32 Å². The van der Waals surface area contributed by atoms with E-state index in [1.165, 1.54) is 16.3 Å². The van der Waals surface area contributed by atoms with Crippen LogP contribution in [0.2, 0.25) is 0 Å². The normalized spacial score (nSPS) is 10.9. The number of hydrogen-bond acceptors (Lipinski definition) is 3. The molecule has 0 atom stereocenters. The SMILES string of the molecule is CNCc1occc1-c1ccc2cc(OC)ccc2c1. The molecule has 0 aliphatic carbocycles. The Bertz CT molecular complexity index is 731. The summed E-state index contributed by atoms with van der Waals surface area (Å²) in [4.78, 5) is 0. The molecular formula is C17H17NO2. The van der Waals surface area contributed by atoms with Gasteiger partial charge in [0.05, 0.1) is 19.9 Å². The molecule has 0 amide bonds. The highest BCUT2D eigenvalue weighted by atomic mass is 16.5. The first-order valence-corrected chi connectivity index (χ1v) is 6.61. The highest BCUT2D eigenvalue weighted by molar-refractivity contribution is 5.88. The molecule has 0 aliphatic rings. The van der Waals surface area contributed by atoms with Gasteiger partial charge in [0.1, 0.15) is 11.5 Å². The van der Waals surface area contributed by atoms with Gasteiger partial charge in [-0.05, 0) is 47.6 Å². The zero-order chi connectivity index (χ0) is 13.9. The van der Waals surface area contributed by atoms with Crippen LogP contribution in [0, 0.1) is 0 Å². The Hall–Kier alpha value is -2.26. The first kappa shape index (κ1) is 12.8. The number of rotatable bonds is 4. The Labute approximate surface area is 118 Å². The van der Waals surface area contributed by atoms with E-state index in [4.69, 9.17) is 9.15 Å². The summed E-state index contributed by atoms with van der Waals surface area (Å²) in [6, 6.07) is 14.5. The fourth-order valence-corrected chi connectivity index (χ4v) is 2.41. The molecule has 0 radical (unpaired) electrons. The van der Waals surface area contributed by atoms with E-state index in [0.29, 0.717) is 0 Å². The Morgan fingerprint density at radius 1 is 1.05 bits per heavy atom. The molecule has 20 heavy (non-hydrogen) atoms. The van der Waals surface area contributed by atoms with Gasteiger partial charge < -0.3 is 14.5 Å². The summed E-state index contributed by atoms with van der Waals surface area (Å²) in [5.41, 5.74) is 2.30. The summed E-state index contributed by atoms with van der Waals surface area (Å²) in [6.45, 7) is 0.725. The standard InChI is InChI=1S/C17H17NO2/c1-18-11-17-16(7-8-20-17)14-4-3-13-10-15(19-2)6-5-12(13)9-14/h3-10,18H,11H2,1-2H3. The smallest absolute Gasteiger partial charge is 0.125 e. The van der Waals surface area contributed by atoms with Crippen LogP contribution in [0.25, 0.3) is 21.9 Å². The highest BCUT2D eigenvalue weighted by Crippen LogP contribution is 2.29. The third-order valence-corrected chi connectivity index (χ3v) is 3.44. The van der Waals surface area contributed by atoms with Crippen LogP contribution in [0.15, 0.2) is 53.1 Å². The van der Waals surface area contributed by atoms with Gasteiger partial charge in [-0.3, -0.25) is 0 Å². The van der Waals surface area contributed by atoms with Crippen molar-refractivity contribution in [3.63, 3.8) is 0 Å². The predicted molar refractivity (Wildman–Crippen MR) is 81.0 cm³/mol. The van der Waals surface area contributed by atoms with Gasteiger partial charge in [-0.1, -0.05) is 18.2 Å². The molecule has 1 aromatic heterocycles. The van der Waals surface area contributed by atoms with Gasteiger partial charge in [0, 0.05) is 5.56 Å². The van der Waals surface area contributed by atoms with Crippen LogP contribution in [0.4, 0.5) is 0 Å². The molecule has 3 aromatic rings. The Balaban J connectivity index is 2.06. The summed E-state index contributed by atoms with van der Waals surface area (Å²) in [5.74, 6) is 1.84. The van der Waals surface area contributed by atoms with Crippen molar-refractivity contribution in [2.24, 2.45) is 0 Å². The number of fused-ring (bicyclic) bond motifs is 1. The summed E-state index contributed by atoms with van der Waals surface area (Å²) in [5, 5.41) is 5.49. The van der Waals surface area contributed by atoms with E-state index in [-0.39, 0.29) is 0 Å². The van der Waals surface area contributed by atoms with Crippen LogP contribution in [0.5, 0.6) is 5.75 Å². The van der Waals surface area contributed by atoms with Crippen molar-refractivity contribution in [3.8, 4) is 16.9 Å². The van der Waals surface area contributed by atoms with Crippen molar-refractivity contribution in [3.05, 3.63) is 54.5 Å². The number of furan rings is 1. The fourth-order valence-electron chi connectivity index (χ4n) is 2.41. The van der Waals surface area contributed by atoms with E-state index >= 15 is 0 Å². The lowest BCUT2D eigenvalue weighted by atomic mass is 10.0. The number of methoxy groups -OCH3 is 1. The Morgan fingerprint density at radius 3 is 2.65 bits per heavy atom. The summed E-state index contributed by atoms with van der Waals surface area (Å²) < 4.78 is 10.8. The van der Waals surface area contributed by atoms with Gasteiger partial charge in [-0.2, -0.15) is 0 Å². The maximum absolute atomic E-state index is 5.53. The van der Waals surface area contributed by atoms with Crippen molar-refractivity contribution in [2.45, 2.75) is 6.54 Å². The molecule has 1 N–H and O–H groups in total. The highest BCUT2D eigenvalue weighted by Gasteiger charge is 2.08. The number of hydrogen-bond donors (Lipinski definition) is 1. The topological polar surface area (TPSA) is 34.4 Å². The molecule has 3 heteroatoms. The van der Waals surface area contributed by atoms with Crippen molar-refractivity contribution in [2.75, 3.05) is 14.2 Å². The quantitative estimate of drug-likeness (QED) is 0.780. The monoisotopic (exact) mass is 267 g/mol. The van der Waals surface area contributed by atoms with Crippen LogP contribution < -0.4 is 10.1 Å². The molecule has 2 aromatic carbocycles. The predicted octanol–water partition coefficient (Wildman–Crippen LogP) is 3.83. The largest absolute Gasteiger partial charge is 0.497 e. The number of benzene rings is 2. The van der Waals surface area contributed by atoms with Gasteiger partial charge in [-0.25, -0.2) is 0 Å². The molecule has 0 bridgehead atoms. The van der Waals surface area contributed by atoms with Gasteiger partial charge in [0.2, 0.25) is 0 Å². The first-order valence-electron chi connectivity index (χ1n) is 6.61. The minimum Gasteiger partial charge on any atom is -0.497 e. The zero-order valence-electron chi connectivity index (χ0n) is 11.6. The second kappa shape index (κ2) is 5.39. The average molecular weight is 267 g/mol. The first-order chi connectivity index (χ1) is 9.81. The van der Waals surface area contributed by atoms with E-state index < -0.39 is 0 Å². The van der Waals surface area contributed by atoms with E-state index in [1.807, 2.05) is 25.2 Å². The van der Waals surface area contributed by atoms with Gasteiger partial charge in [0.25, 0.3) is 0 Å². The molecule has 0 saturated carbocycles. The van der Waals surface area contributed by atoms with E-state index in [9.17, 15) is 0 Å². The lowest BCUT2D eigenvalue weighted by Crippen LogP contribution is -2.04. The molecule has 0 unspecified atom stereocenters. The Morgan fingerprint density at radius 2 is 1.85 bits per heavy atom. The fraction of sp³-hybridized carbons (Fsp3) is 0.176. The van der Waals surface area contributed by atoms with Gasteiger partial charge in [-0.15, -0.1) is 0 Å². The second-order valence-corrected chi connectivity index (χ2v) is 4.72. The molecule has 1 heterocycles. The van der Waals surface area contributed by atoms with Gasteiger partial charge >= 0.3 is 0 Å². The molecule has 102 valence electrons. The molecule has 3 rings (SSSR count). The second-order valence-electron chi connectivity index (χ2n) is 4.72. The van der Waals surface area contributed by atoms with E-state index in [2.05, 4.69) is 29.6 Å². The van der Waals surface area contributed by atoms with Crippen molar-refractivity contribution < 1.29 is 9.15 Å². The summed E-state index contributed by atoms with van der Waals surface area (Å²) in [6.07, 6.45) is 1.74. The third kappa shape index (κ3) is 2.28.